The van der Waals surface area contributed by atoms with Crippen molar-refractivity contribution < 1.29 is 29.3 Å². The van der Waals surface area contributed by atoms with E-state index in [1.165, 1.54) is 5.56 Å². The van der Waals surface area contributed by atoms with Gasteiger partial charge in [-0.1, -0.05) is 26.0 Å². The second-order valence-electron chi connectivity index (χ2n) is 6.09. The largest absolute Gasteiger partial charge is 0.545 e. The number of rotatable bonds is 8. The predicted octanol–water partition coefficient (Wildman–Crippen LogP) is 0.945. The Morgan fingerprint density at radius 1 is 1.00 bits per heavy atom. The summed E-state index contributed by atoms with van der Waals surface area (Å²) in [5, 5.41) is 24.3. The summed E-state index contributed by atoms with van der Waals surface area (Å²) < 4.78 is 5.39. The van der Waals surface area contributed by atoms with E-state index >= 15 is 0 Å². The molecule has 142 valence electrons. The molecular formula is C20H19NO6-2. The highest BCUT2D eigenvalue weighted by Crippen LogP contribution is 2.21. The lowest BCUT2D eigenvalue weighted by Crippen LogP contribution is -2.27. The highest BCUT2D eigenvalue weighted by atomic mass is 16.5. The zero-order valence-corrected chi connectivity index (χ0v) is 15.0. The maximum absolute atomic E-state index is 12.0. The van der Waals surface area contributed by atoms with Crippen LogP contribution >= 0.6 is 0 Å². The Balaban J connectivity index is 2.01. The number of nitrogens with one attached hydrogen (secondary N) is 1. The zero-order chi connectivity index (χ0) is 20.0. The summed E-state index contributed by atoms with van der Waals surface area (Å²) in [4.78, 5) is 33.9. The fourth-order valence-electron chi connectivity index (χ4n) is 2.41. The van der Waals surface area contributed by atoms with Crippen LogP contribution in [0, 0.1) is 0 Å². The van der Waals surface area contributed by atoms with Crippen molar-refractivity contribution in [3.05, 3.63) is 59.2 Å². The van der Waals surface area contributed by atoms with E-state index in [9.17, 15) is 24.6 Å². The van der Waals surface area contributed by atoms with Crippen LogP contribution in [0.25, 0.3) is 0 Å². The topological polar surface area (TPSA) is 119 Å². The molecule has 0 unspecified atom stereocenters. The molecule has 0 spiro atoms. The highest BCUT2D eigenvalue weighted by molar-refractivity contribution is 5.97. The standard InChI is InChI=1S/C20H21NO6/c1-3-12(2)13-4-6-17(7-5-13)27-11-18(22)21-16-9-14(19(23)24)8-15(10-16)20(25)26/h4-10,12H,3,11H2,1-2H3,(H,21,22)(H,23,24)(H,25,26)/p-2/t12-/m0/s1. The Hall–Kier alpha value is -3.35. The van der Waals surface area contributed by atoms with Crippen molar-refractivity contribution in [2.75, 3.05) is 11.9 Å². The summed E-state index contributed by atoms with van der Waals surface area (Å²) in [5.74, 6) is -2.76. The van der Waals surface area contributed by atoms with E-state index in [0.29, 0.717) is 11.7 Å². The zero-order valence-electron chi connectivity index (χ0n) is 15.0. The van der Waals surface area contributed by atoms with Crippen LogP contribution in [-0.4, -0.2) is 24.5 Å². The van der Waals surface area contributed by atoms with Crippen molar-refractivity contribution in [3.8, 4) is 5.75 Å². The molecule has 0 aromatic heterocycles. The first-order chi connectivity index (χ1) is 12.8. The van der Waals surface area contributed by atoms with Crippen LogP contribution in [0.5, 0.6) is 5.75 Å². The molecule has 1 atom stereocenters. The summed E-state index contributed by atoms with van der Waals surface area (Å²) in [5.41, 5.74) is 0.405. The average Bonchev–Trinajstić information content (AvgIpc) is 2.65. The lowest BCUT2D eigenvalue weighted by Gasteiger charge is -2.13. The van der Waals surface area contributed by atoms with Gasteiger partial charge < -0.3 is 29.9 Å². The minimum Gasteiger partial charge on any atom is -0.545 e. The molecule has 0 saturated heterocycles. The van der Waals surface area contributed by atoms with E-state index in [4.69, 9.17) is 4.74 Å². The van der Waals surface area contributed by atoms with Crippen LogP contribution < -0.4 is 20.3 Å². The number of ether oxygens (including phenoxy) is 1. The smallest absolute Gasteiger partial charge is 0.262 e. The third-order valence-corrected chi connectivity index (χ3v) is 4.12. The van der Waals surface area contributed by atoms with Gasteiger partial charge in [0.25, 0.3) is 5.91 Å². The van der Waals surface area contributed by atoms with Crippen molar-refractivity contribution in [2.45, 2.75) is 26.2 Å². The molecule has 0 fully saturated rings. The molecule has 2 rings (SSSR count). The Bertz CT molecular complexity index is 812. The maximum Gasteiger partial charge on any atom is 0.262 e. The normalized spacial score (nSPS) is 11.5. The van der Waals surface area contributed by atoms with E-state index in [1.54, 1.807) is 12.1 Å². The molecule has 0 aliphatic carbocycles. The van der Waals surface area contributed by atoms with Crippen LogP contribution in [0.1, 0.15) is 52.5 Å². The Morgan fingerprint density at radius 2 is 1.56 bits per heavy atom. The molecule has 1 N–H and O–H groups in total. The van der Waals surface area contributed by atoms with E-state index < -0.39 is 17.8 Å². The highest BCUT2D eigenvalue weighted by Gasteiger charge is 2.08. The van der Waals surface area contributed by atoms with Gasteiger partial charge in [-0.2, -0.15) is 0 Å². The number of carbonyl (C=O) groups is 3. The fourth-order valence-corrected chi connectivity index (χ4v) is 2.41. The van der Waals surface area contributed by atoms with E-state index in [1.807, 2.05) is 12.1 Å². The molecule has 0 radical (unpaired) electrons. The van der Waals surface area contributed by atoms with Gasteiger partial charge in [-0.25, -0.2) is 0 Å². The lowest BCUT2D eigenvalue weighted by molar-refractivity contribution is -0.255. The quantitative estimate of drug-likeness (QED) is 0.740. The minimum absolute atomic E-state index is 0.00313. The van der Waals surface area contributed by atoms with Crippen LogP contribution in [0.3, 0.4) is 0 Å². The van der Waals surface area contributed by atoms with Crippen molar-refractivity contribution in [3.63, 3.8) is 0 Å². The first-order valence-electron chi connectivity index (χ1n) is 8.40. The molecule has 1 amide bonds. The first kappa shape index (κ1) is 20.0. The van der Waals surface area contributed by atoms with E-state index in [2.05, 4.69) is 19.2 Å². The van der Waals surface area contributed by atoms with Crippen LogP contribution in [0.2, 0.25) is 0 Å². The molecule has 0 saturated carbocycles. The van der Waals surface area contributed by atoms with Gasteiger partial charge in [-0.15, -0.1) is 0 Å². The summed E-state index contributed by atoms with van der Waals surface area (Å²) in [7, 11) is 0. The average molecular weight is 369 g/mol. The van der Waals surface area contributed by atoms with Gasteiger partial charge in [-0.3, -0.25) is 4.79 Å². The van der Waals surface area contributed by atoms with Gasteiger partial charge in [-0.05, 0) is 59.4 Å². The van der Waals surface area contributed by atoms with Crippen molar-refractivity contribution >= 4 is 23.5 Å². The summed E-state index contributed by atoms with van der Waals surface area (Å²) in [6.07, 6.45) is 1.02. The second-order valence-corrected chi connectivity index (χ2v) is 6.09. The molecule has 27 heavy (non-hydrogen) atoms. The van der Waals surface area contributed by atoms with Crippen LogP contribution in [-0.2, 0) is 4.79 Å². The number of hydrogen-bond donors (Lipinski definition) is 1. The molecule has 0 heterocycles. The molecule has 0 aliphatic heterocycles. The Kier molecular flexibility index (Phi) is 6.54. The first-order valence-corrected chi connectivity index (χ1v) is 8.40. The Morgan fingerprint density at radius 3 is 2.04 bits per heavy atom. The minimum atomic E-state index is -1.56. The molecule has 0 bridgehead atoms. The number of hydrogen-bond acceptors (Lipinski definition) is 6. The number of aromatic carboxylic acids is 2. The predicted molar refractivity (Wildman–Crippen MR) is 94.4 cm³/mol. The SMILES string of the molecule is CC[C@H](C)c1ccc(OCC(=O)Nc2cc(C(=O)[O-])cc(C(=O)[O-])c2)cc1. The molecule has 0 aliphatic rings. The number of benzene rings is 2. The summed E-state index contributed by atoms with van der Waals surface area (Å²) in [6, 6.07) is 10.5. The lowest BCUT2D eigenvalue weighted by atomic mass is 9.99. The molecular weight excluding hydrogens is 350 g/mol. The molecule has 2 aromatic rings. The van der Waals surface area contributed by atoms with E-state index in [-0.39, 0.29) is 23.4 Å². The van der Waals surface area contributed by atoms with Crippen LogP contribution in [0.15, 0.2) is 42.5 Å². The number of amides is 1. The Labute approximate surface area is 156 Å². The van der Waals surface area contributed by atoms with Gasteiger partial charge in [0.15, 0.2) is 6.61 Å². The van der Waals surface area contributed by atoms with Crippen molar-refractivity contribution in [2.24, 2.45) is 0 Å². The number of carbonyl (C=O) groups excluding carboxylic acids is 3. The monoisotopic (exact) mass is 369 g/mol. The molecule has 2 aromatic carbocycles. The molecule has 7 heteroatoms. The fraction of sp³-hybridized carbons (Fsp3) is 0.250. The van der Waals surface area contributed by atoms with Gasteiger partial charge in [0.05, 0.1) is 11.9 Å². The third-order valence-electron chi connectivity index (χ3n) is 4.12. The maximum atomic E-state index is 12.0. The van der Waals surface area contributed by atoms with Gasteiger partial charge in [0, 0.05) is 5.69 Å². The van der Waals surface area contributed by atoms with E-state index in [0.717, 1.165) is 24.6 Å². The molecule has 7 nitrogen and oxygen atoms in total. The van der Waals surface area contributed by atoms with Crippen LogP contribution in [0.4, 0.5) is 5.69 Å². The van der Waals surface area contributed by atoms with Crippen molar-refractivity contribution in [1.29, 1.82) is 0 Å². The summed E-state index contributed by atoms with van der Waals surface area (Å²) >= 11 is 0. The number of carboxylic acid groups (broad SMARTS) is 2. The number of anilines is 1. The number of carboxylic acids is 2. The van der Waals surface area contributed by atoms with Gasteiger partial charge in [0.1, 0.15) is 5.75 Å². The summed E-state index contributed by atoms with van der Waals surface area (Å²) in [6.45, 7) is 3.89. The van der Waals surface area contributed by atoms with Crippen molar-refractivity contribution in [1.82, 2.24) is 0 Å². The second kappa shape index (κ2) is 8.84. The van der Waals surface area contributed by atoms with Gasteiger partial charge >= 0.3 is 0 Å². The van der Waals surface area contributed by atoms with Gasteiger partial charge in [0.2, 0.25) is 0 Å². The third kappa shape index (κ3) is 5.57.